The number of amides is 1. The zero-order valence-electron chi connectivity index (χ0n) is 14.9. The summed E-state index contributed by atoms with van der Waals surface area (Å²) < 4.78 is 42.8. The SMILES string of the molecule is O=C(NCc1ccc(Cl)c(Cl)c1)c1cnn(-c2nc3ccccc3s2)c1C(F)(F)F. The van der Waals surface area contributed by atoms with E-state index in [0.29, 0.717) is 25.5 Å². The van der Waals surface area contributed by atoms with E-state index >= 15 is 0 Å². The number of benzene rings is 2. The number of para-hydroxylation sites is 1. The second-order valence-electron chi connectivity index (χ2n) is 6.21. The fourth-order valence-corrected chi connectivity index (χ4v) is 4.06. The first-order valence-corrected chi connectivity index (χ1v) is 10.0. The number of fused-ring (bicyclic) bond motifs is 1. The summed E-state index contributed by atoms with van der Waals surface area (Å²) in [5.41, 5.74) is -0.647. The molecule has 0 aliphatic rings. The van der Waals surface area contributed by atoms with Gasteiger partial charge in [-0.2, -0.15) is 18.3 Å². The van der Waals surface area contributed by atoms with Crippen molar-refractivity contribution < 1.29 is 18.0 Å². The Labute approximate surface area is 182 Å². The number of alkyl halides is 3. The highest BCUT2D eigenvalue weighted by Crippen LogP contribution is 2.35. The Morgan fingerprint density at radius 3 is 2.60 bits per heavy atom. The molecule has 4 aromatic rings. The highest BCUT2D eigenvalue weighted by Gasteiger charge is 2.41. The Bertz CT molecular complexity index is 1220. The summed E-state index contributed by atoms with van der Waals surface area (Å²) in [6, 6.07) is 11.6. The molecule has 0 spiro atoms. The fourth-order valence-electron chi connectivity index (χ4n) is 2.81. The first kappa shape index (κ1) is 20.6. The number of hydrogen-bond acceptors (Lipinski definition) is 4. The molecule has 1 amide bonds. The highest BCUT2D eigenvalue weighted by atomic mass is 35.5. The minimum atomic E-state index is -4.81. The quantitative estimate of drug-likeness (QED) is 0.413. The number of nitrogens with zero attached hydrogens (tertiary/aromatic N) is 3. The van der Waals surface area contributed by atoms with Crippen LogP contribution in [0.5, 0.6) is 0 Å². The van der Waals surface area contributed by atoms with Crippen LogP contribution in [0.1, 0.15) is 21.6 Å². The number of halogens is 5. The second-order valence-corrected chi connectivity index (χ2v) is 8.04. The molecule has 11 heteroatoms. The van der Waals surface area contributed by atoms with E-state index < -0.39 is 23.3 Å². The summed E-state index contributed by atoms with van der Waals surface area (Å²) >= 11 is 12.8. The van der Waals surface area contributed by atoms with Gasteiger partial charge >= 0.3 is 6.18 Å². The number of thiazole rings is 1. The van der Waals surface area contributed by atoms with Crippen LogP contribution >= 0.6 is 34.5 Å². The smallest absolute Gasteiger partial charge is 0.348 e. The lowest BCUT2D eigenvalue weighted by molar-refractivity contribution is -0.143. The van der Waals surface area contributed by atoms with E-state index in [1.165, 1.54) is 12.1 Å². The molecule has 0 bridgehead atoms. The van der Waals surface area contributed by atoms with Gasteiger partial charge in [0, 0.05) is 6.54 Å². The van der Waals surface area contributed by atoms with Crippen molar-refractivity contribution in [3.8, 4) is 5.13 Å². The molecule has 0 fully saturated rings. The van der Waals surface area contributed by atoms with Crippen molar-refractivity contribution >= 4 is 50.7 Å². The summed E-state index contributed by atoms with van der Waals surface area (Å²) in [4.78, 5) is 16.7. The van der Waals surface area contributed by atoms with Crippen molar-refractivity contribution in [1.82, 2.24) is 20.1 Å². The molecule has 0 saturated heterocycles. The average molecular weight is 471 g/mol. The molecule has 5 nitrogen and oxygen atoms in total. The fraction of sp³-hybridized carbons (Fsp3) is 0.105. The first-order valence-electron chi connectivity index (χ1n) is 8.47. The van der Waals surface area contributed by atoms with Crippen LogP contribution in [0.2, 0.25) is 10.0 Å². The van der Waals surface area contributed by atoms with Gasteiger partial charge in [-0.3, -0.25) is 4.79 Å². The van der Waals surface area contributed by atoms with E-state index in [-0.39, 0.29) is 16.7 Å². The summed E-state index contributed by atoms with van der Waals surface area (Å²) in [5.74, 6) is -0.916. The van der Waals surface area contributed by atoms with Gasteiger partial charge in [-0.15, -0.1) is 0 Å². The number of carbonyl (C=O) groups excluding carboxylic acids is 1. The first-order chi connectivity index (χ1) is 14.2. The molecule has 0 saturated carbocycles. The van der Waals surface area contributed by atoms with Gasteiger partial charge in [0.05, 0.1) is 32.0 Å². The molecule has 2 heterocycles. The molecule has 2 aromatic heterocycles. The summed E-state index contributed by atoms with van der Waals surface area (Å²) in [5, 5.41) is 6.89. The van der Waals surface area contributed by atoms with E-state index in [1.807, 2.05) is 0 Å². The number of rotatable bonds is 4. The minimum absolute atomic E-state index is 0.0204. The van der Waals surface area contributed by atoms with E-state index in [2.05, 4.69) is 15.4 Å². The highest BCUT2D eigenvalue weighted by molar-refractivity contribution is 7.20. The molecular formula is C19H11Cl2F3N4OS. The average Bonchev–Trinajstić information content (AvgIpc) is 3.32. The van der Waals surface area contributed by atoms with Crippen molar-refractivity contribution in [2.24, 2.45) is 0 Å². The zero-order valence-corrected chi connectivity index (χ0v) is 17.2. The van der Waals surface area contributed by atoms with E-state index in [1.54, 1.807) is 30.3 Å². The maximum atomic E-state index is 13.8. The molecule has 0 atom stereocenters. The van der Waals surface area contributed by atoms with Crippen LogP contribution < -0.4 is 5.32 Å². The van der Waals surface area contributed by atoms with Crippen molar-refractivity contribution in [1.29, 1.82) is 0 Å². The van der Waals surface area contributed by atoms with Gasteiger partial charge in [-0.1, -0.05) is 52.7 Å². The molecule has 1 N–H and O–H groups in total. The molecule has 2 aromatic carbocycles. The van der Waals surface area contributed by atoms with Crippen LogP contribution in [0, 0.1) is 0 Å². The predicted molar refractivity (Wildman–Crippen MR) is 109 cm³/mol. The van der Waals surface area contributed by atoms with Gasteiger partial charge in [-0.25, -0.2) is 9.67 Å². The Morgan fingerprint density at radius 2 is 1.90 bits per heavy atom. The third-order valence-corrected chi connectivity index (χ3v) is 5.93. The lowest BCUT2D eigenvalue weighted by Crippen LogP contribution is -2.26. The number of nitrogens with one attached hydrogen (secondary N) is 1. The van der Waals surface area contributed by atoms with Crippen molar-refractivity contribution in [2.45, 2.75) is 12.7 Å². The van der Waals surface area contributed by atoms with Crippen LogP contribution in [0.15, 0.2) is 48.7 Å². The Morgan fingerprint density at radius 1 is 1.13 bits per heavy atom. The van der Waals surface area contributed by atoms with Crippen molar-refractivity contribution in [2.75, 3.05) is 0 Å². The monoisotopic (exact) mass is 470 g/mol. The lowest BCUT2D eigenvalue weighted by atomic mass is 10.2. The number of carbonyl (C=O) groups is 1. The van der Waals surface area contributed by atoms with Crippen molar-refractivity contribution in [3.05, 3.63) is 75.5 Å². The number of hydrogen-bond donors (Lipinski definition) is 1. The molecule has 154 valence electrons. The van der Waals surface area contributed by atoms with Gasteiger partial charge in [0.15, 0.2) is 5.69 Å². The third kappa shape index (κ3) is 4.00. The molecule has 0 aliphatic carbocycles. The van der Waals surface area contributed by atoms with E-state index in [4.69, 9.17) is 23.2 Å². The summed E-state index contributed by atoms with van der Waals surface area (Å²) in [7, 11) is 0. The van der Waals surface area contributed by atoms with Gasteiger partial charge in [-0.05, 0) is 29.8 Å². The van der Waals surface area contributed by atoms with E-state index in [0.717, 1.165) is 17.5 Å². The lowest BCUT2D eigenvalue weighted by Gasteiger charge is -2.11. The Hall–Kier alpha value is -2.62. The molecule has 4 rings (SSSR count). The van der Waals surface area contributed by atoms with Crippen LogP contribution in [0.3, 0.4) is 0 Å². The maximum absolute atomic E-state index is 13.8. The van der Waals surface area contributed by atoms with Crippen LogP contribution in [0.4, 0.5) is 13.2 Å². The van der Waals surface area contributed by atoms with Gasteiger partial charge < -0.3 is 5.32 Å². The standard InChI is InChI=1S/C19H11Cl2F3N4OS/c20-12-6-5-10(7-13(12)21)8-25-17(29)11-9-26-28(16(11)19(22,23)24)18-27-14-3-1-2-4-15(14)30-18/h1-7,9H,8H2,(H,25,29). The molecule has 0 aliphatic heterocycles. The predicted octanol–water partition coefficient (Wildman–Crippen LogP) is 5.74. The van der Waals surface area contributed by atoms with Gasteiger partial charge in [0.2, 0.25) is 5.13 Å². The van der Waals surface area contributed by atoms with Crippen molar-refractivity contribution in [3.63, 3.8) is 0 Å². The zero-order chi connectivity index (χ0) is 21.5. The van der Waals surface area contributed by atoms with E-state index in [9.17, 15) is 18.0 Å². The molecule has 0 radical (unpaired) electrons. The second kappa shape index (κ2) is 7.90. The minimum Gasteiger partial charge on any atom is -0.348 e. The third-order valence-electron chi connectivity index (χ3n) is 4.18. The van der Waals surface area contributed by atoms with Gasteiger partial charge in [0.1, 0.15) is 0 Å². The molecule has 30 heavy (non-hydrogen) atoms. The summed E-state index contributed by atoms with van der Waals surface area (Å²) in [6.07, 6.45) is -3.93. The Kier molecular flexibility index (Phi) is 5.44. The van der Waals surface area contributed by atoms with Crippen LogP contribution in [-0.4, -0.2) is 20.7 Å². The van der Waals surface area contributed by atoms with Crippen LogP contribution in [0.25, 0.3) is 15.3 Å². The topological polar surface area (TPSA) is 59.8 Å². The maximum Gasteiger partial charge on any atom is 0.434 e. The number of aromatic nitrogens is 3. The largest absolute Gasteiger partial charge is 0.434 e. The summed E-state index contributed by atoms with van der Waals surface area (Å²) in [6.45, 7) is -0.0284. The molecular weight excluding hydrogens is 460 g/mol. The van der Waals surface area contributed by atoms with Crippen LogP contribution in [-0.2, 0) is 12.7 Å². The molecule has 0 unspecified atom stereocenters. The normalized spacial score (nSPS) is 11.8. The Balaban J connectivity index is 1.66. The van der Waals surface area contributed by atoms with Gasteiger partial charge in [0.25, 0.3) is 5.91 Å².